The highest BCUT2D eigenvalue weighted by Crippen LogP contribution is 2.16. The first-order valence-corrected chi connectivity index (χ1v) is 8.44. The largest absolute Gasteiger partial charge is 0.325 e. The van der Waals surface area contributed by atoms with Crippen molar-refractivity contribution in [2.45, 2.75) is 58.3 Å². The number of hydrogen-bond donors (Lipinski definition) is 1. The molecule has 22 heavy (non-hydrogen) atoms. The van der Waals surface area contributed by atoms with Crippen LogP contribution in [0.2, 0.25) is 0 Å². The molecule has 1 aromatic heterocycles. The molecule has 2 rings (SSSR count). The standard InChI is InChI=1S/C19H26N2O/c1-2-3-4-5-6-7-8-13-19(22)21-17-14-16-11-9-10-12-18(16)20-15-17/h9-12,14-15H,2-8,13H2,1H3,(H,21,22). The predicted octanol–water partition coefficient (Wildman–Crippen LogP) is 5.31. The first-order chi connectivity index (χ1) is 10.8. The molecule has 0 fully saturated rings. The number of amides is 1. The molecule has 0 saturated heterocycles. The number of rotatable bonds is 9. The fourth-order valence-corrected chi connectivity index (χ4v) is 2.61. The van der Waals surface area contributed by atoms with E-state index in [1.54, 1.807) is 6.20 Å². The minimum atomic E-state index is 0.0886. The lowest BCUT2D eigenvalue weighted by Crippen LogP contribution is -2.11. The van der Waals surface area contributed by atoms with Gasteiger partial charge in [-0.2, -0.15) is 0 Å². The molecule has 0 spiro atoms. The summed E-state index contributed by atoms with van der Waals surface area (Å²) in [6.07, 6.45) is 10.9. The number of pyridine rings is 1. The zero-order chi connectivity index (χ0) is 15.6. The number of carbonyl (C=O) groups excluding carboxylic acids is 1. The van der Waals surface area contributed by atoms with E-state index >= 15 is 0 Å². The van der Waals surface area contributed by atoms with Crippen LogP contribution in [0, 0.1) is 0 Å². The lowest BCUT2D eigenvalue weighted by molar-refractivity contribution is -0.116. The Kier molecular flexibility index (Phi) is 6.88. The zero-order valence-corrected chi connectivity index (χ0v) is 13.5. The van der Waals surface area contributed by atoms with Crippen molar-refractivity contribution in [2.24, 2.45) is 0 Å². The first-order valence-electron chi connectivity index (χ1n) is 8.44. The van der Waals surface area contributed by atoms with Crippen molar-refractivity contribution >= 4 is 22.5 Å². The molecule has 1 amide bonds. The smallest absolute Gasteiger partial charge is 0.224 e. The number of hydrogen-bond acceptors (Lipinski definition) is 2. The summed E-state index contributed by atoms with van der Waals surface area (Å²) in [5.74, 6) is 0.0886. The lowest BCUT2D eigenvalue weighted by atomic mass is 10.1. The number of nitrogens with zero attached hydrogens (tertiary/aromatic N) is 1. The monoisotopic (exact) mass is 298 g/mol. The SMILES string of the molecule is CCCCCCCCCC(=O)Nc1cnc2ccccc2c1. The number of aromatic nitrogens is 1. The Morgan fingerprint density at radius 3 is 2.59 bits per heavy atom. The molecule has 0 radical (unpaired) electrons. The number of nitrogens with one attached hydrogen (secondary N) is 1. The van der Waals surface area contributed by atoms with Crippen LogP contribution in [0.5, 0.6) is 0 Å². The van der Waals surface area contributed by atoms with Crippen molar-refractivity contribution in [1.82, 2.24) is 4.98 Å². The maximum absolute atomic E-state index is 11.9. The van der Waals surface area contributed by atoms with Gasteiger partial charge in [-0.05, 0) is 18.6 Å². The Hall–Kier alpha value is -1.90. The second kappa shape index (κ2) is 9.19. The van der Waals surface area contributed by atoms with Crippen LogP contribution in [0.25, 0.3) is 10.9 Å². The van der Waals surface area contributed by atoms with E-state index in [0.29, 0.717) is 6.42 Å². The molecule has 3 heteroatoms. The Morgan fingerprint density at radius 2 is 1.77 bits per heavy atom. The van der Waals surface area contributed by atoms with Crippen LogP contribution in [0.15, 0.2) is 36.5 Å². The van der Waals surface area contributed by atoms with Crippen LogP contribution < -0.4 is 5.32 Å². The second-order valence-corrected chi connectivity index (χ2v) is 5.84. The van der Waals surface area contributed by atoms with Crippen molar-refractivity contribution in [2.75, 3.05) is 5.32 Å². The molecule has 0 atom stereocenters. The molecule has 1 heterocycles. The molecule has 1 aromatic carbocycles. The quantitative estimate of drug-likeness (QED) is 0.637. The normalized spacial score (nSPS) is 10.8. The van der Waals surface area contributed by atoms with E-state index in [2.05, 4.69) is 17.2 Å². The highest BCUT2D eigenvalue weighted by Gasteiger charge is 2.03. The van der Waals surface area contributed by atoms with Gasteiger partial charge in [0, 0.05) is 11.8 Å². The van der Waals surface area contributed by atoms with Crippen LogP contribution in [0.1, 0.15) is 58.3 Å². The van der Waals surface area contributed by atoms with Crippen molar-refractivity contribution in [3.8, 4) is 0 Å². The van der Waals surface area contributed by atoms with Gasteiger partial charge in [0.05, 0.1) is 17.4 Å². The van der Waals surface area contributed by atoms with Crippen molar-refractivity contribution in [3.63, 3.8) is 0 Å². The lowest BCUT2D eigenvalue weighted by Gasteiger charge is -2.06. The summed E-state index contributed by atoms with van der Waals surface area (Å²) >= 11 is 0. The minimum absolute atomic E-state index is 0.0886. The number of para-hydroxylation sites is 1. The molecule has 0 saturated carbocycles. The number of unbranched alkanes of at least 4 members (excludes halogenated alkanes) is 6. The fraction of sp³-hybridized carbons (Fsp3) is 0.474. The van der Waals surface area contributed by atoms with Crippen LogP contribution in [-0.2, 0) is 4.79 Å². The third kappa shape index (κ3) is 5.47. The molecule has 1 N–H and O–H groups in total. The Labute approximate surface area is 133 Å². The Bertz CT molecular complexity index is 595. The minimum Gasteiger partial charge on any atom is -0.325 e. The highest BCUT2D eigenvalue weighted by molar-refractivity contribution is 5.93. The van der Waals surface area contributed by atoms with E-state index in [1.807, 2.05) is 30.3 Å². The summed E-state index contributed by atoms with van der Waals surface area (Å²) in [6.45, 7) is 2.23. The second-order valence-electron chi connectivity index (χ2n) is 5.84. The van der Waals surface area contributed by atoms with Gasteiger partial charge in [-0.1, -0.05) is 63.6 Å². The van der Waals surface area contributed by atoms with Gasteiger partial charge in [0.2, 0.25) is 5.91 Å². The topological polar surface area (TPSA) is 42.0 Å². The summed E-state index contributed by atoms with van der Waals surface area (Å²) in [7, 11) is 0. The number of fused-ring (bicyclic) bond motifs is 1. The van der Waals surface area contributed by atoms with Gasteiger partial charge in [0.1, 0.15) is 0 Å². The molecule has 0 bridgehead atoms. The Morgan fingerprint density at radius 1 is 1.05 bits per heavy atom. The number of anilines is 1. The van der Waals surface area contributed by atoms with E-state index in [4.69, 9.17) is 0 Å². The molecular formula is C19H26N2O. The third-order valence-electron chi connectivity index (χ3n) is 3.88. The van der Waals surface area contributed by atoms with E-state index in [-0.39, 0.29) is 5.91 Å². The van der Waals surface area contributed by atoms with Crippen LogP contribution >= 0.6 is 0 Å². The summed E-state index contributed by atoms with van der Waals surface area (Å²) in [5.41, 5.74) is 1.74. The molecule has 0 unspecified atom stereocenters. The van der Waals surface area contributed by atoms with Gasteiger partial charge in [-0.25, -0.2) is 0 Å². The van der Waals surface area contributed by atoms with E-state index in [1.165, 1.54) is 32.1 Å². The summed E-state index contributed by atoms with van der Waals surface area (Å²) in [5, 5.41) is 4.00. The number of benzene rings is 1. The molecule has 0 aliphatic carbocycles. The Balaban J connectivity index is 1.69. The van der Waals surface area contributed by atoms with Crippen molar-refractivity contribution < 1.29 is 4.79 Å². The maximum atomic E-state index is 11.9. The zero-order valence-electron chi connectivity index (χ0n) is 13.5. The van der Waals surface area contributed by atoms with Gasteiger partial charge in [-0.15, -0.1) is 0 Å². The number of carbonyl (C=O) groups is 1. The average Bonchev–Trinajstić information content (AvgIpc) is 2.54. The van der Waals surface area contributed by atoms with Gasteiger partial charge in [-0.3, -0.25) is 9.78 Å². The van der Waals surface area contributed by atoms with Crippen LogP contribution in [-0.4, -0.2) is 10.9 Å². The third-order valence-corrected chi connectivity index (χ3v) is 3.88. The molecule has 3 nitrogen and oxygen atoms in total. The molecule has 2 aromatic rings. The van der Waals surface area contributed by atoms with Crippen LogP contribution in [0.3, 0.4) is 0 Å². The van der Waals surface area contributed by atoms with E-state index < -0.39 is 0 Å². The molecular weight excluding hydrogens is 272 g/mol. The first kappa shape index (κ1) is 16.5. The maximum Gasteiger partial charge on any atom is 0.224 e. The van der Waals surface area contributed by atoms with Crippen molar-refractivity contribution in [1.29, 1.82) is 0 Å². The molecule has 0 aliphatic rings. The van der Waals surface area contributed by atoms with Gasteiger partial charge in [0.15, 0.2) is 0 Å². The molecule has 118 valence electrons. The summed E-state index contributed by atoms with van der Waals surface area (Å²) in [6, 6.07) is 9.90. The predicted molar refractivity (Wildman–Crippen MR) is 93.0 cm³/mol. The fourth-order valence-electron chi connectivity index (χ4n) is 2.61. The summed E-state index contributed by atoms with van der Waals surface area (Å²) in [4.78, 5) is 16.3. The van der Waals surface area contributed by atoms with Gasteiger partial charge < -0.3 is 5.32 Å². The summed E-state index contributed by atoms with van der Waals surface area (Å²) < 4.78 is 0. The molecule has 0 aliphatic heterocycles. The average molecular weight is 298 g/mol. The highest BCUT2D eigenvalue weighted by atomic mass is 16.1. The van der Waals surface area contributed by atoms with Crippen LogP contribution in [0.4, 0.5) is 5.69 Å². The van der Waals surface area contributed by atoms with Gasteiger partial charge in [0.25, 0.3) is 0 Å². The van der Waals surface area contributed by atoms with E-state index in [0.717, 1.165) is 29.4 Å². The van der Waals surface area contributed by atoms with Crippen molar-refractivity contribution in [3.05, 3.63) is 36.5 Å². The van der Waals surface area contributed by atoms with Gasteiger partial charge >= 0.3 is 0 Å². The van der Waals surface area contributed by atoms with E-state index in [9.17, 15) is 4.79 Å².